The molecule has 0 rings (SSSR count). The first-order valence-corrected chi connectivity index (χ1v) is 8.90. The molecule has 0 aliphatic rings. The second-order valence-electron chi connectivity index (χ2n) is 6.07. The topological polar surface area (TPSA) is 107 Å². The van der Waals surface area contributed by atoms with Crippen LogP contribution in [0.1, 0.15) is 47.0 Å². The highest BCUT2D eigenvalue weighted by atomic mass is 32.2. The first-order chi connectivity index (χ1) is 10.8. The summed E-state index contributed by atoms with van der Waals surface area (Å²) in [6, 6.07) is 0. The monoisotopic (exact) mass is 374 g/mol. The van der Waals surface area contributed by atoms with Crippen molar-refractivity contribution in [1.82, 2.24) is 0 Å². The Morgan fingerprint density at radius 3 is 2.00 bits per heavy atom. The third-order valence-electron chi connectivity index (χ3n) is 4.01. The van der Waals surface area contributed by atoms with E-state index in [4.69, 9.17) is 9.29 Å². The summed E-state index contributed by atoms with van der Waals surface area (Å²) in [6.07, 6.45) is 1.13. The Hall–Kier alpha value is -1.29. The molecule has 1 atom stereocenters. The molecule has 7 nitrogen and oxygen atoms in total. The number of halogens is 2. The lowest BCUT2D eigenvalue weighted by atomic mass is 9.78. The number of hydrogen-bond acceptors (Lipinski definition) is 6. The molecule has 0 aliphatic heterocycles. The van der Waals surface area contributed by atoms with Gasteiger partial charge < -0.3 is 9.47 Å². The summed E-state index contributed by atoms with van der Waals surface area (Å²) < 4.78 is 63.7. The first kappa shape index (κ1) is 22.7. The Bertz CT molecular complexity index is 543. The molecule has 0 fully saturated rings. The van der Waals surface area contributed by atoms with E-state index in [0.717, 1.165) is 6.42 Å². The summed E-state index contributed by atoms with van der Waals surface area (Å²) in [6.45, 7) is 7.12. The molecule has 0 spiro atoms. The van der Waals surface area contributed by atoms with Gasteiger partial charge in [-0.15, -0.1) is 0 Å². The number of hydrogen-bond donors (Lipinski definition) is 1. The van der Waals surface area contributed by atoms with Crippen LogP contribution in [0.25, 0.3) is 0 Å². The average Bonchev–Trinajstić information content (AvgIpc) is 2.47. The van der Waals surface area contributed by atoms with Crippen molar-refractivity contribution in [3.05, 3.63) is 0 Å². The van der Waals surface area contributed by atoms with E-state index >= 15 is 0 Å². The van der Waals surface area contributed by atoms with E-state index in [2.05, 4.69) is 4.74 Å². The molecule has 0 aromatic rings. The minimum atomic E-state index is -5.86. The largest absolute Gasteiger partial charge is 0.465 e. The number of alkyl halides is 2. The molecule has 1 unspecified atom stereocenters. The van der Waals surface area contributed by atoms with Gasteiger partial charge in [-0.2, -0.15) is 17.2 Å². The summed E-state index contributed by atoms with van der Waals surface area (Å²) in [5.74, 6) is -3.04. The highest BCUT2D eigenvalue weighted by Gasteiger charge is 2.54. The van der Waals surface area contributed by atoms with Crippen LogP contribution in [0.4, 0.5) is 8.78 Å². The van der Waals surface area contributed by atoms with E-state index in [0.29, 0.717) is 0 Å². The van der Waals surface area contributed by atoms with Crippen LogP contribution >= 0.6 is 0 Å². The molecule has 0 saturated carbocycles. The fourth-order valence-electron chi connectivity index (χ4n) is 1.48. The van der Waals surface area contributed by atoms with Gasteiger partial charge in [0.1, 0.15) is 0 Å². The van der Waals surface area contributed by atoms with Crippen molar-refractivity contribution in [2.45, 2.75) is 52.2 Å². The van der Waals surface area contributed by atoms with Crippen molar-refractivity contribution in [1.29, 1.82) is 0 Å². The van der Waals surface area contributed by atoms with Gasteiger partial charge in [0, 0.05) is 0 Å². The van der Waals surface area contributed by atoms with Crippen LogP contribution in [0.15, 0.2) is 0 Å². The second-order valence-corrected chi connectivity index (χ2v) is 7.53. The fraction of sp³-hybridized carbons (Fsp3) is 0.857. The number of esters is 2. The van der Waals surface area contributed by atoms with Crippen molar-refractivity contribution < 1.29 is 40.8 Å². The number of ether oxygens (including phenoxy) is 2. The van der Waals surface area contributed by atoms with E-state index in [1.165, 1.54) is 0 Å². The van der Waals surface area contributed by atoms with E-state index in [9.17, 15) is 26.8 Å². The summed E-state index contributed by atoms with van der Waals surface area (Å²) in [5.41, 5.74) is -0.214. The highest BCUT2D eigenvalue weighted by Crippen LogP contribution is 2.30. The van der Waals surface area contributed by atoms with E-state index in [1.54, 1.807) is 6.92 Å². The third-order valence-corrected chi connectivity index (χ3v) is 4.83. The molecular formula is C14H24F2O7S. The molecule has 0 bridgehead atoms. The quantitative estimate of drug-likeness (QED) is 0.355. The van der Waals surface area contributed by atoms with Crippen molar-refractivity contribution in [3.63, 3.8) is 0 Å². The lowest BCUT2D eigenvalue weighted by Gasteiger charge is -2.28. The Kier molecular flexibility index (Phi) is 8.24. The number of carbonyl (C=O) groups excluding carboxylic acids is 2. The molecule has 142 valence electrons. The van der Waals surface area contributed by atoms with Gasteiger partial charge in [0.05, 0.1) is 19.1 Å². The molecule has 0 aliphatic carbocycles. The van der Waals surface area contributed by atoms with Gasteiger partial charge in [-0.3, -0.25) is 9.35 Å². The molecule has 0 amide bonds. The van der Waals surface area contributed by atoms with E-state index < -0.39 is 27.9 Å². The van der Waals surface area contributed by atoms with E-state index in [1.807, 2.05) is 20.8 Å². The Balaban J connectivity index is 4.09. The zero-order chi connectivity index (χ0) is 19.2. The molecule has 0 aromatic heterocycles. The van der Waals surface area contributed by atoms with Gasteiger partial charge in [-0.25, -0.2) is 4.79 Å². The Morgan fingerprint density at radius 2 is 1.58 bits per heavy atom. The zero-order valence-corrected chi connectivity index (χ0v) is 15.0. The van der Waals surface area contributed by atoms with Crippen LogP contribution in [0, 0.1) is 11.3 Å². The minimum absolute atomic E-state index is 0.0230. The van der Waals surface area contributed by atoms with Crippen LogP contribution in [0.2, 0.25) is 0 Å². The van der Waals surface area contributed by atoms with Crippen LogP contribution in [0.3, 0.4) is 0 Å². The highest BCUT2D eigenvalue weighted by molar-refractivity contribution is 7.87. The van der Waals surface area contributed by atoms with Gasteiger partial charge in [-0.05, 0) is 18.3 Å². The van der Waals surface area contributed by atoms with E-state index in [-0.39, 0.29) is 36.8 Å². The Labute approximate surface area is 140 Å². The molecule has 0 radical (unpaired) electrons. The SMILES string of the molecule is CCC(C)(C)C(C)C(=O)OCCCCOC(=O)C(F)(F)S(=O)(=O)O. The second kappa shape index (κ2) is 8.70. The summed E-state index contributed by atoms with van der Waals surface area (Å²) >= 11 is 0. The van der Waals surface area contributed by atoms with Gasteiger partial charge in [0.15, 0.2) is 0 Å². The predicted octanol–water partition coefficient (Wildman–Crippen LogP) is 2.41. The predicted molar refractivity (Wildman–Crippen MR) is 80.9 cm³/mol. The molecule has 10 heteroatoms. The normalized spacial score (nSPS) is 14.1. The van der Waals surface area contributed by atoms with Crippen LogP contribution in [-0.4, -0.2) is 43.4 Å². The molecule has 24 heavy (non-hydrogen) atoms. The van der Waals surface area contributed by atoms with Crippen molar-refractivity contribution in [2.24, 2.45) is 11.3 Å². The summed E-state index contributed by atoms with van der Waals surface area (Å²) in [5, 5.41) is -5.00. The molecule has 0 saturated heterocycles. The maximum absolute atomic E-state index is 12.9. The van der Waals surface area contributed by atoms with Crippen LogP contribution in [0.5, 0.6) is 0 Å². The number of rotatable bonds is 10. The lowest BCUT2D eigenvalue weighted by Crippen LogP contribution is -2.39. The van der Waals surface area contributed by atoms with Crippen molar-refractivity contribution in [3.8, 4) is 0 Å². The van der Waals surface area contributed by atoms with Gasteiger partial charge in [0.25, 0.3) is 0 Å². The van der Waals surface area contributed by atoms with Gasteiger partial charge >= 0.3 is 27.3 Å². The maximum atomic E-state index is 12.9. The van der Waals surface area contributed by atoms with Gasteiger partial charge in [0.2, 0.25) is 0 Å². The summed E-state index contributed by atoms with van der Waals surface area (Å²) in [4.78, 5) is 22.7. The fourth-order valence-corrected chi connectivity index (χ4v) is 1.75. The van der Waals surface area contributed by atoms with Crippen molar-refractivity contribution >= 4 is 22.1 Å². The molecule has 1 N–H and O–H groups in total. The average molecular weight is 374 g/mol. The van der Waals surface area contributed by atoms with Crippen molar-refractivity contribution in [2.75, 3.05) is 13.2 Å². The lowest BCUT2D eigenvalue weighted by molar-refractivity contribution is -0.162. The minimum Gasteiger partial charge on any atom is -0.465 e. The standard InChI is InChI=1S/C14H24F2O7S/c1-5-13(3,4)10(2)11(17)22-8-6-7-9-23-12(18)14(15,16)24(19,20)21/h10H,5-9H2,1-4H3,(H,19,20,21). The zero-order valence-electron chi connectivity index (χ0n) is 14.2. The molecule has 0 heterocycles. The van der Waals surface area contributed by atoms with Crippen LogP contribution in [-0.2, 0) is 29.2 Å². The third kappa shape index (κ3) is 6.31. The van der Waals surface area contributed by atoms with Gasteiger partial charge in [-0.1, -0.05) is 34.1 Å². The number of carbonyl (C=O) groups is 2. The maximum Gasteiger partial charge on any atom is 0.465 e. The smallest absolute Gasteiger partial charge is 0.465 e. The Morgan fingerprint density at radius 1 is 1.12 bits per heavy atom. The molecule has 0 aromatic carbocycles. The van der Waals surface area contributed by atoms with Crippen LogP contribution < -0.4 is 0 Å². The first-order valence-electron chi connectivity index (χ1n) is 7.46. The molecular weight excluding hydrogens is 350 g/mol. The summed E-state index contributed by atoms with van der Waals surface area (Å²) in [7, 11) is -5.86. The number of unbranched alkanes of at least 4 members (excludes halogenated alkanes) is 1.